The molecule has 1 saturated heterocycles. The summed E-state index contributed by atoms with van der Waals surface area (Å²) in [7, 11) is 0. The number of carbonyl (C=O) groups is 2. The van der Waals surface area contributed by atoms with E-state index in [4.69, 9.17) is 27.9 Å². The number of esters is 1. The Morgan fingerprint density at radius 2 is 2.06 bits per heavy atom. The highest BCUT2D eigenvalue weighted by atomic mass is 35.5. The largest absolute Gasteiger partial charge is 0.454 e. The Balaban J connectivity index is 1.51. The van der Waals surface area contributed by atoms with Crippen LogP contribution < -0.4 is 10.2 Å². The second-order valence-electron chi connectivity index (χ2n) is 7.46. The predicted octanol–water partition coefficient (Wildman–Crippen LogP) is 4.00. The van der Waals surface area contributed by atoms with Crippen LogP contribution in [-0.2, 0) is 14.3 Å². The summed E-state index contributed by atoms with van der Waals surface area (Å²) in [4.78, 5) is 35.1. The van der Waals surface area contributed by atoms with Gasteiger partial charge in [-0.3, -0.25) is 4.79 Å². The molecule has 31 heavy (non-hydrogen) atoms. The number of rotatable bonds is 9. The molecule has 1 aromatic heterocycles. The third kappa shape index (κ3) is 6.31. The molecule has 2 heterocycles. The van der Waals surface area contributed by atoms with Crippen molar-refractivity contribution in [3.63, 3.8) is 0 Å². The van der Waals surface area contributed by atoms with Crippen LogP contribution in [0.1, 0.15) is 44.1 Å². The number of benzene rings is 1. The van der Waals surface area contributed by atoms with Gasteiger partial charge in [0.2, 0.25) is 5.95 Å². The molecule has 0 spiro atoms. The van der Waals surface area contributed by atoms with Crippen LogP contribution in [0.25, 0.3) is 0 Å². The summed E-state index contributed by atoms with van der Waals surface area (Å²) in [5.41, 5.74) is 0.940. The van der Waals surface area contributed by atoms with Crippen molar-refractivity contribution in [3.05, 3.63) is 52.3 Å². The lowest BCUT2D eigenvalue weighted by atomic mass is 9.94. The fraction of sp³-hybridized carbons (Fsp3) is 0.455. The van der Waals surface area contributed by atoms with E-state index in [9.17, 15) is 9.59 Å². The predicted molar refractivity (Wildman–Crippen MR) is 120 cm³/mol. The molecule has 7 nitrogen and oxygen atoms in total. The van der Waals surface area contributed by atoms with Gasteiger partial charge in [0.15, 0.2) is 6.61 Å². The minimum absolute atomic E-state index is 0.0509. The van der Waals surface area contributed by atoms with E-state index >= 15 is 0 Å². The second kappa shape index (κ2) is 11.3. The highest BCUT2D eigenvalue weighted by Gasteiger charge is 2.33. The minimum atomic E-state index is -0.476. The van der Waals surface area contributed by atoms with Gasteiger partial charge in [0.05, 0.1) is 0 Å². The molecule has 0 unspecified atom stereocenters. The molecule has 0 saturated carbocycles. The highest BCUT2D eigenvalue weighted by Crippen LogP contribution is 2.30. The van der Waals surface area contributed by atoms with E-state index in [1.165, 1.54) is 0 Å². The number of nitrogens with one attached hydrogen (secondary N) is 1. The second-order valence-corrected chi connectivity index (χ2v) is 8.31. The fourth-order valence-electron chi connectivity index (χ4n) is 3.76. The van der Waals surface area contributed by atoms with Crippen molar-refractivity contribution in [2.24, 2.45) is 0 Å². The molecule has 3 rings (SSSR count). The van der Waals surface area contributed by atoms with Gasteiger partial charge >= 0.3 is 5.97 Å². The van der Waals surface area contributed by atoms with Gasteiger partial charge in [-0.15, -0.1) is 0 Å². The van der Waals surface area contributed by atoms with Gasteiger partial charge in [-0.1, -0.05) is 42.6 Å². The molecule has 2 aromatic rings. The van der Waals surface area contributed by atoms with Gasteiger partial charge in [-0.2, -0.15) is 0 Å². The molecule has 0 aliphatic carbocycles. The van der Waals surface area contributed by atoms with Gasteiger partial charge < -0.3 is 15.0 Å². The normalized spacial score (nSPS) is 16.7. The molecule has 1 amide bonds. The van der Waals surface area contributed by atoms with Crippen LogP contribution in [0.3, 0.4) is 0 Å². The summed E-state index contributed by atoms with van der Waals surface area (Å²) in [6.07, 6.45) is 6.55. The molecular weight excluding hydrogens is 439 g/mol. The number of aromatic nitrogens is 2. The maximum Gasteiger partial charge on any atom is 0.329 e. The standard InChI is InChI=1S/C22H26Cl2N4O3/c1-2-5-15(17-8-7-16(23)12-18(17)24)13-27-20(29)14-31-21(30)19-6-3-11-28(19)22-25-9-4-10-26-22/h4,7-10,12,15,19H,2-3,5-6,11,13-14H2,1H3,(H,27,29)/t15-,19-/m0/s1. The lowest BCUT2D eigenvalue weighted by Gasteiger charge is -2.23. The molecule has 0 bridgehead atoms. The van der Waals surface area contributed by atoms with Crippen molar-refractivity contribution in [2.45, 2.75) is 44.6 Å². The van der Waals surface area contributed by atoms with Crippen molar-refractivity contribution in [3.8, 4) is 0 Å². The Morgan fingerprint density at radius 3 is 2.77 bits per heavy atom. The zero-order chi connectivity index (χ0) is 22.2. The Hall–Kier alpha value is -2.38. The SMILES string of the molecule is CCC[C@@H](CNC(=O)COC(=O)[C@@H]1CCCN1c1ncccn1)c1ccc(Cl)cc1Cl. The average Bonchev–Trinajstić information content (AvgIpc) is 3.26. The molecular formula is C22H26Cl2N4O3. The third-order valence-corrected chi connectivity index (χ3v) is 5.83. The molecule has 1 fully saturated rings. The van der Waals surface area contributed by atoms with Crippen molar-refractivity contribution in [2.75, 3.05) is 24.6 Å². The first-order valence-corrected chi connectivity index (χ1v) is 11.2. The number of hydrogen-bond donors (Lipinski definition) is 1. The van der Waals surface area contributed by atoms with Crippen LogP contribution in [0.5, 0.6) is 0 Å². The van der Waals surface area contributed by atoms with E-state index in [-0.39, 0.29) is 18.4 Å². The zero-order valence-corrected chi connectivity index (χ0v) is 18.9. The smallest absolute Gasteiger partial charge is 0.329 e. The molecule has 9 heteroatoms. The molecule has 1 aliphatic rings. The summed E-state index contributed by atoms with van der Waals surface area (Å²) < 4.78 is 5.29. The Kier molecular flexibility index (Phi) is 8.49. The van der Waals surface area contributed by atoms with E-state index < -0.39 is 12.0 Å². The van der Waals surface area contributed by atoms with E-state index in [2.05, 4.69) is 22.2 Å². The van der Waals surface area contributed by atoms with Gasteiger partial charge in [-0.05, 0) is 43.0 Å². The van der Waals surface area contributed by atoms with Crippen LogP contribution in [-0.4, -0.2) is 47.6 Å². The van der Waals surface area contributed by atoms with Crippen molar-refractivity contribution < 1.29 is 14.3 Å². The topological polar surface area (TPSA) is 84.4 Å². The maximum absolute atomic E-state index is 12.5. The molecule has 166 valence electrons. The van der Waals surface area contributed by atoms with E-state index in [1.807, 2.05) is 11.0 Å². The number of ether oxygens (including phenoxy) is 1. The van der Waals surface area contributed by atoms with Crippen molar-refractivity contribution in [1.82, 2.24) is 15.3 Å². The van der Waals surface area contributed by atoms with Crippen LogP contribution in [0.4, 0.5) is 5.95 Å². The summed E-state index contributed by atoms with van der Waals surface area (Å²) in [5.74, 6) is -0.241. The van der Waals surface area contributed by atoms with Crippen LogP contribution in [0.2, 0.25) is 10.0 Å². The highest BCUT2D eigenvalue weighted by molar-refractivity contribution is 6.35. The third-order valence-electron chi connectivity index (χ3n) is 5.26. The summed E-state index contributed by atoms with van der Waals surface area (Å²) >= 11 is 12.3. The maximum atomic E-state index is 12.5. The number of amides is 1. The molecule has 1 N–H and O–H groups in total. The number of anilines is 1. The number of halogens is 2. The minimum Gasteiger partial charge on any atom is -0.454 e. The summed E-state index contributed by atoms with van der Waals surface area (Å²) in [5, 5.41) is 4.00. The van der Waals surface area contributed by atoms with Crippen LogP contribution in [0, 0.1) is 0 Å². The first kappa shape index (κ1) is 23.3. The number of carbonyl (C=O) groups excluding carboxylic acids is 2. The number of nitrogens with zero attached hydrogens (tertiary/aromatic N) is 3. The molecule has 0 radical (unpaired) electrons. The molecule has 2 atom stereocenters. The lowest BCUT2D eigenvalue weighted by molar-refractivity contribution is -0.149. The Morgan fingerprint density at radius 1 is 1.29 bits per heavy atom. The quantitative estimate of drug-likeness (QED) is 0.564. The lowest BCUT2D eigenvalue weighted by Crippen LogP contribution is -2.40. The van der Waals surface area contributed by atoms with E-state index in [0.717, 1.165) is 24.8 Å². The summed E-state index contributed by atoms with van der Waals surface area (Å²) in [6.45, 7) is 2.83. The average molecular weight is 465 g/mol. The van der Waals surface area contributed by atoms with Crippen LogP contribution in [0.15, 0.2) is 36.7 Å². The molecule has 1 aliphatic heterocycles. The van der Waals surface area contributed by atoms with E-state index in [0.29, 0.717) is 35.5 Å². The van der Waals surface area contributed by atoms with Gasteiger partial charge in [-0.25, -0.2) is 14.8 Å². The van der Waals surface area contributed by atoms with Gasteiger partial charge in [0.25, 0.3) is 5.91 Å². The molecule has 1 aromatic carbocycles. The van der Waals surface area contributed by atoms with Crippen LogP contribution >= 0.6 is 23.2 Å². The zero-order valence-electron chi connectivity index (χ0n) is 17.4. The van der Waals surface area contributed by atoms with Gasteiger partial charge in [0.1, 0.15) is 6.04 Å². The first-order valence-electron chi connectivity index (χ1n) is 10.4. The van der Waals surface area contributed by atoms with Crippen molar-refractivity contribution in [1.29, 1.82) is 0 Å². The fourth-order valence-corrected chi connectivity index (χ4v) is 4.32. The summed E-state index contributed by atoms with van der Waals surface area (Å²) in [6, 6.07) is 6.63. The van der Waals surface area contributed by atoms with E-state index in [1.54, 1.807) is 30.6 Å². The van der Waals surface area contributed by atoms with Gasteiger partial charge in [0, 0.05) is 41.4 Å². The van der Waals surface area contributed by atoms with Crippen molar-refractivity contribution >= 4 is 41.0 Å². The first-order chi connectivity index (χ1) is 15.0. The Labute approximate surface area is 192 Å². The monoisotopic (exact) mass is 464 g/mol. The Bertz CT molecular complexity index is 898. The number of hydrogen-bond acceptors (Lipinski definition) is 6.